The van der Waals surface area contributed by atoms with Crippen LogP contribution >= 0.6 is 12.2 Å². The third-order valence-electron chi connectivity index (χ3n) is 3.50. The van der Waals surface area contributed by atoms with Crippen molar-refractivity contribution >= 4 is 40.3 Å². The number of carbonyl (C=O) groups excluding carboxylic acids is 1. The van der Waals surface area contributed by atoms with Crippen molar-refractivity contribution in [3.63, 3.8) is 0 Å². The molecule has 8 heteroatoms. The van der Waals surface area contributed by atoms with E-state index in [0.29, 0.717) is 28.0 Å². The maximum Gasteiger partial charge on any atom is 0.221 e. The Morgan fingerprint density at radius 3 is 2.33 bits per heavy atom. The predicted molar refractivity (Wildman–Crippen MR) is 112 cm³/mol. The van der Waals surface area contributed by atoms with Crippen LogP contribution in [0.1, 0.15) is 12.5 Å². The van der Waals surface area contributed by atoms with E-state index in [-0.39, 0.29) is 5.91 Å². The monoisotopic (exact) mass is 386 g/mol. The summed E-state index contributed by atoms with van der Waals surface area (Å²) in [4.78, 5) is 11.2. The summed E-state index contributed by atoms with van der Waals surface area (Å²) in [6, 6.07) is 12.7. The van der Waals surface area contributed by atoms with Crippen LogP contribution in [0.15, 0.2) is 49.0 Å². The number of hydrazine groups is 1. The molecule has 0 aromatic heterocycles. The van der Waals surface area contributed by atoms with Crippen LogP contribution in [0.25, 0.3) is 5.70 Å². The van der Waals surface area contributed by atoms with Crippen molar-refractivity contribution in [3.8, 4) is 11.5 Å². The molecule has 2 rings (SSSR count). The van der Waals surface area contributed by atoms with E-state index in [1.54, 1.807) is 32.4 Å². The Morgan fingerprint density at radius 1 is 0.963 bits per heavy atom. The fraction of sp³-hybridized carbons (Fsp3) is 0.158. The second-order valence-electron chi connectivity index (χ2n) is 5.51. The van der Waals surface area contributed by atoms with Crippen LogP contribution in [0.4, 0.5) is 11.4 Å². The van der Waals surface area contributed by atoms with Gasteiger partial charge in [0.05, 0.1) is 19.9 Å². The Bertz CT molecular complexity index is 855. The minimum Gasteiger partial charge on any atom is -0.493 e. The lowest BCUT2D eigenvalue weighted by atomic mass is 10.1. The fourth-order valence-corrected chi connectivity index (χ4v) is 2.44. The molecule has 0 aliphatic carbocycles. The largest absolute Gasteiger partial charge is 0.493 e. The van der Waals surface area contributed by atoms with E-state index < -0.39 is 0 Å². The van der Waals surface area contributed by atoms with Gasteiger partial charge < -0.3 is 20.1 Å². The van der Waals surface area contributed by atoms with Crippen LogP contribution in [-0.2, 0) is 4.79 Å². The second-order valence-corrected chi connectivity index (χ2v) is 5.92. The lowest BCUT2D eigenvalue weighted by Gasteiger charge is -2.16. The molecule has 0 unspecified atom stereocenters. The van der Waals surface area contributed by atoms with Crippen molar-refractivity contribution in [3.05, 3.63) is 54.6 Å². The van der Waals surface area contributed by atoms with E-state index in [1.807, 2.05) is 24.3 Å². The van der Waals surface area contributed by atoms with Crippen LogP contribution in [0.3, 0.4) is 0 Å². The number of ether oxygens (including phenoxy) is 2. The van der Waals surface area contributed by atoms with Crippen molar-refractivity contribution in [1.82, 2.24) is 10.9 Å². The minimum absolute atomic E-state index is 0.135. The number of anilines is 2. The van der Waals surface area contributed by atoms with Gasteiger partial charge in [-0.3, -0.25) is 15.6 Å². The standard InChI is InChI=1S/C19H22N4O3S/c1-12(14-6-5-7-15(10-14)20-13(2)24)22-23-19(27)21-16-8-9-17(25-3)18(11-16)26-4/h5-11,22H,1H2,2-4H3,(H,20,24)(H2,21,23,27). The van der Waals surface area contributed by atoms with Gasteiger partial charge in [0.25, 0.3) is 0 Å². The van der Waals surface area contributed by atoms with Crippen molar-refractivity contribution in [2.75, 3.05) is 24.9 Å². The summed E-state index contributed by atoms with van der Waals surface area (Å²) in [6.07, 6.45) is 0. The first-order chi connectivity index (χ1) is 12.9. The third kappa shape index (κ3) is 5.89. The van der Waals surface area contributed by atoms with Crippen LogP contribution in [-0.4, -0.2) is 25.2 Å². The number of carbonyl (C=O) groups is 1. The first-order valence-corrected chi connectivity index (χ1v) is 8.45. The molecule has 7 nitrogen and oxygen atoms in total. The van der Waals surface area contributed by atoms with Gasteiger partial charge in [-0.2, -0.15) is 0 Å². The summed E-state index contributed by atoms with van der Waals surface area (Å²) in [5, 5.41) is 6.11. The zero-order valence-electron chi connectivity index (χ0n) is 15.4. The number of benzene rings is 2. The molecule has 2 aromatic rings. The Balaban J connectivity index is 1.93. The number of nitrogens with one attached hydrogen (secondary N) is 4. The highest BCUT2D eigenvalue weighted by atomic mass is 32.1. The van der Waals surface area contributed by atoms with Gasteiger partial charge in [0.2, 0.25) is 5.91 Å². The molecule has 0 saturated carbocycles. The van der Waals surface area contributed by atoms with E-state index in [1.165, 1.54) is 6.92 Å². The minimum atomic E-state index is -0.135. The van der Waals surface area contributed by atoms with Crippen molar-refractivity contribution in [1.29, 1.82) is 0 Å². The molecule has 0 aliphatic heterocycles. The smallest absolute Gasteiger partial charge is 0.221 e. The first kappa shape index (κ1) is 20.1. The molecule has 0 fully saturated rings. The van der Waals surface area contributed by atoms with Crippen LogP contribution < -0.4 is 31.0 Å². The lowest BCUT2D eigenvalue weighted by Crippen LogP contribution is -2.38. The van der Waals surface area contributed by atoms with Gasteiger partial charge in [-0.15, -0.1) is 0 Å². The molecule has 4 N–H and O–H groups in total. The van der Waals surface area contributed by atoms with Gasteiger partial charge in [0.1, 0.15) is 0 Å². The molecule has 0 heterocycles. The van der Waals surface area contributed by atoms with E-state index >= 15 is 0 Å². The zero-order valence-corrected chi connectivity index (χ0v) is 16.2. The van der Waals surface area contributed by atoms with Crippen molar-refractivity contribution in [2.45, 2.75) is 6.92 Å². The van der Waals surface area contributed by atoms with Crippen LogP contribution in [0, 0.1) is 0 Å². The Hall–Kier alpha value is -3.26. The van der Waals surface area contributed by atoms with E-state index in [9.17, 15) is 4.79 Å². The molecule has 1 amide bonds. The normalized spacial score (nSPS) is 9.74. The van der Waals surface area contributed by atoms with Crippen LogP contribution in [0.2, 0.25) is 0 Å². The molecule has 0 bridgehead atoms. The lowest BCUT2D eigenvalue weighted by molar-refractivity contribution is -0.114. The zero-order chi connectivity index (χ0) is 19.8. The number of amides is 1. The number of methoxy groups -OCH3 is 2. The summed E-state index contributed by atoms with van der Waals surface area (Å²) in [6.45, 7) is 5.42. The topological polar surface area (TPSA) is 83.7 Å². The average Bonchev–Trinajstić information content (AvgIpc) is 2.65. The van der Waals surface area contributed by atoms with E-state index in [4.69, 9.17) is 21.7 Å². The molecule has 27 heavy (non-hydrogen) atoms. The van der Waals surface area contributed by atoms with Gasteiger partial charge in [-0.25, -0.2) is 0 Å². The van der Waals surface area contributed by atoms with E-state index in [2.05, 4.69) is 28.1 Å². The third-order valence-corrected chi connectivity index (χ3v) is 3.70. The summed E-state index contributed by atoms with van der Waals surface area (Å²) < 4.78 is 10.5. The molecule has 2 aromatic carbocycles. The molecule has 142 valence electrons. The molecule has 0 radical (unpaired) electrons. The van der Waals surface area contributed by atoms with Gasteiger partial charge >= 0.3 is 0 Å². The first-order valence-electron chi connectivity index (χ1n) is 8.05. The molecule has 0 aliphatic rings. The number of hydrogen-bond acceptors (Lipinski definition) is 5. The maximum atomic E-state index is 11.2. The van der Waals surface area contributed by atoms with Gasteiger partial charge in [0.15, 0.2) is 16.6 Å². The maximum absolute atomic E-state index is 11.2. The van der Waals surface area contributed by atoms with Crippen molar-refractivity contribution < 1.29 is 14.3 Å². The number of hydrogen-bond donors (Lipinski definition) is 4. The van der Waals surface area contributed by atoms with Crippen molar-refractivity contribution in [2.24, 2.45) is 0 Å². The summed E-state index contributed by atoms with van der Waals surface area (Å²) in [5.74, 6) is 1.09. The number of rotatable bonds is 7. The van der Waals surface area contributed by atoms with Gasteiger partial charge in [-0.1, -0.05) is 18.7 Å². The Morgan fingerprint density at radius 2 is 1.67 bits per heavy atom. The molecular formula is C19H22N4O3S. The summed E-state index contributed by atoms with van der Waals surface area (Å²) in [7, 11) is 3.15. The highest BCUT2D eigenvalue weighted by Gasteiger charge is 2.06. The predicted octanol–water partition coefficient (Wildman–Crippen LogP) is 3.12. The summed E-state index contributed by atoms with van der Waals surface area (Å²) >= 11 is 5.27. The fourth-order valence-electron chi connectivity index (χ4n) is 2.27. The molecule has 0 atom stereocenters. The molecule has 0 saturated heterocycles. The average molecular weight is 386 g/mol. The Kier molecular flexibility index (Phi) is 7.01. The summed E-state index contributed by atoms with van der Waals surface area (Å²) in [5.41, 5.74) is 8.63. The van der Waals surface area contributed by atoms with E-state index in [0.717, 1.165) is 11.3 Å². The highest BCUT2D eigenvalue weighted by Crippen LogP contribution is 2.29. The quantitative estimate of drug-likeness (QED) is 0.430. The van der Waals surface area contributed by atoms with Gasteiger partial charge in [0, 0.05) is 29.9 Å². The Labute approximate surface area is 163 Å². The number of thiocarbonyl (C=S) groups is 1. The highest BCUT2D eigenvalue weighted by molar-refractivity contribution is 7.80. The SMILES string of the molecule is C=C(NNC(=S)Nc1ccc(OC)c(OC)c1)c1cccc(NC(C)=O)c1. The molecule has 0 spiro atoms. The molecular weight excluding hydrogens is 364 g/mol. The van der Waals surface area contributed by atoms with Gasteiger partial charge in [-0.05, 0) is 36.5 Å². The van der Waals surface area contributed by atoms with Crippen LogP contribution in [0.5, 0.6) is 11.5 Å². The second kappa shape index (κ2) is 9.44.